The number of fused-ring (bicyclic) bond motifs is 3. The maximum atomic E-state index is 5.32. The summed E-state index contributed by atoms with van der Waals surface area (Å²) < 4.78 is 5.32. The zero-order valence-electron chi connectivity index (χ0n) is 9.90. The first kappa shape index (κ1) is 10.0. The van der Waals surface area contributed by atoms with E-state index in [2.05, 4.69) is 19.9 Å². The van der Waals surface area contributed by atoms with Crippen molar-refractivity contribution < 1.29 is 4.74 Å². The van der Waals surface area contributed by atoms with Crippen LogP contribution in [0.25, 0.3) is 22.1 Å². The predicted molar refractivity (Wildman–Crippen MR) is 65.2 cm³/mol. The highest BCUT2D eigenvalue weighted by atomic mass is 16.5. The van der Waals surface area contributed by atoms with Gasteiger partial charge in [-0.3, -0.25) is 0 Å². The Balaban J connectivity index is 2.53. The van der Waals surface area contributed by atoms with E-state index in [1.807, 2.05) is 19.9 Å². The number of rotatable bonds is 1. The van der Waals surface area contributed by atoms with E-state index in [1.54, 1.807) is 13.4 Å². The van der Waals surface area contributed by atoms with Gasteiger partial charge in [0.25, 0.3) is 0 Å². The number of ether oxygens (including phenoxy) is 1. The Morgan fingerprint density at radius 1 is 1.12 bits per heavy atom. The first-order valence-corrected chi connectivity index (χ1v) is 5.35. The van der Waals surface area contributed by atoms with Crippen molar-refractivity contribution in [3.63, 3.8) is 0 Å². The Labute approximate surface area is 97.9 Å². The van der Waals surface area contributed by atoms with Crippen LogP contribution in [0.4, 0.5) is 0 Å². The molecule has 0 radical (unpaired) electrons. The summed E-state index contributed by atoms with van der Waals surface area (Å²) >= 11 is 0. The van der Waals surface area contributed by atoms with E-state index >= 15 is 0 Å². The topological polar surface area (TPSA) is 63.7 Å². The highest BCUT2D eigenvalue weighted by Gasteiger charge is 2.12. The zero-order chi connectivity index (χ0) is 12.0. The number of methoxy groups -OCH3 is 1. The molecule has 0 atom stereocenters. The Morgan fingerprint density at radius 2 is 1.88 bits per heavy atom. The number of nitrogens with zero attached hydrogens (tertiary/aromatic N) is 3. The normalized spacial score (nSPS) is 11.2. The zero-order valence-corrected chi connectivity index (χ0v) is 9.90. The molecule has 0 unspecified atom stereocenters. The van der Waals surface area contributed by atoms with E-state index in [0.717, 1.165) is 39.2 Å². The number of imidazole rings is 1. The maximum absolute atomic E-state index is 5.32. The first-order chi connectivity index (χ1) is 8.20. The summed E-state index contributed by atoms with van der Waals surface area (Å²) in [6.45, 7) is 3.90. The van der Waals surface area contributed by atoms with Crippen molar-refractivity contribution in [2.24, 2.45) is 0 Å². The van der Waals surface area contributed by atoms with Gasteiger partial charge in [-0.05, 0) is 13.8 Å². The van der Waals surface area contributed by atoms with Crippen molar-refractivity contribution in [1.82, 2.24) is 19.9 Å². The van der Waals surface area contributed by atoms with Gasteiger partial charge in [-0.25, -0.2) is 15.0 Å². The highest BCUT2D eigenvalue weighted by molar-refractivity contribution is 6.03. The minimum atomic E-state index is 0.738. The second-order valence-corrected chi connectivity index (χ2v) is 3.97. The molecule has 0 spiro atoms. The van der Waals surface area contributed by atoms with Crippen LogP contribution in [-0.2, 0) is 0 Å². The molecule has 0 bridgehead atoms. The lowest BCUT2D eigenvalue weighted by Crippen LogP contribution is -1.95. The molecule has 0 fully saturated rings. The van der Waals surface area contributed by atoms with E-state index < -0.39 is 0 Å². The van der Waals surface area contributed by atoms with E-state index in [4.69, 9.17) is 4.74 Å². The molecule has 1 N–H and O–H groups in total. The Bertz CT molecular complexity index is 717. The molecule has 0 aliphatic carbocycles. The van der Waals surface area contributed by atoms with E-state index in [9.17, 15) is 0 Å². The van der Waals surface area contributed by atoms with Gasteiger partial charge in [0.05, 0.1) is 30.3 Å². The van der Waals surface area contributed by atoms with Crippen LogP contribution >= 0.6 is 0 Å². The van der Waals surface area contributed by atoms with E-state index in [1.165, 1.54) is 0 Å². The van der Waals surface area contributed by atoms with Gasteiger partial charge < -0.3 is 9.72 Å². The molecular formula is C12H12N4O. The van der Waals surface area contributed by atoms with Crippen LogP contribution in [0.1, 0.15) is 11.4 Å². The average Bonchev–Trinajstić information content (AvgIpc) is 2.79. The highest BCUT2D eigenvalue weighted by Crippen LogP contribution is 2.29. The SMILES string of the molecule is COc1cc2nc(C)c(C)nc2c2nc[nH]c12. The van der Waals surface area contributed by atoms with Gasteiger partial charge in [-0.15, -0.1) is 0 Å². The van der Waals surface area contributed by atoms with Crippen LogP contribution in [0.5, 0.6) is 5.75 Å². The Morgan fingerprint density at radius 3 is 2.65 bits per heavy atom. The van der Waals surface area contributed by atoms with Crippen molar-refractivity contribution >= 4 is 22.1 Å². The number of H-pyrrole nitrogens is 1. The fourth-order valence-electron chi connectivity index (χ4n) is 1.91. The fourth-order valence-corrected chi connectivity index (χ4v) is 1.91. The molecule has 5 nitrogen and oxygen atoms in total. The molecule has 1 aromatic carbocycles. The molecule has 0 aliphatic heterocycles. The largest absolute Gasteiger partial charge is 0.494 e. The second-order valence-electron chi connectivity index (χ2n) is 3.97. The number of nitrogens with one attached hydrogen (secondary N) is 1. The van der Waals surface area contributed by atoms with Gasteiger partial charge in [-0.2, -0.15) is 0 Å². The average molecular weight is 228 g/mol. The summed E-state index contributed by atoms with van der Waals surface area (Å²) in [4.78, 5) is 16.4. The Kier molecular flexibility index (Phi) is 2.01. The minimum Gasteiger partial charge on any atom is -0.494 e. The van der Waals surface area contributed by atoms with Crippen LogP contribution in [0.3, 0.4) is 0 Å². The number of aryl methyl sites for hydroxylation is 2. The standard InChI is InChI=1S/C12H12N4O/c1-6-7(2)16-10-8(15-6)4-9(17-3)11-12(10)14-5-13-11/h4-5H,1-3H3,(H,13,14). The summed E-state index contributed by atoms with van der Waals surface area (Å²) in [5.41, 5.74) is 5.13. The molecule has 0 saturated heterocycles. The third-order valence-corrected chi connectivity index (χ3v) is 2.93. The van der Waals surface area contributed by atoms with Gasteiger partial charge in [0.15, 0.2) is 0 Å². The molecule has 2 heterocycles. The number of aromatic nitrogens is 4. The molecule has 17 heavy (non-hydrogen) atoms. The summed E-state index contributed by atoms with van der Waals surface area (Å²) in [5.74, 6) is 0.738. The molecule has 3 rings (SSSR count). The van der Waals surface area contributed by atoms with Crippen molar-refractivity contribution in [2.75, 3.05) is 7.11 Å². The van der Waals surface area contributed by atoms with Crippen LogP contribution in [-0.4, -0.2) is 27.0 Å². The lowest BCUT2D eigenvalue weighted by atomic mass is 10.2. The summed E-state index contributed by atoms with van der Waals surface area (Å²) in [7, 11) is 1.63. The molecule has 5 heteroatoms. The summed E-state index contributed by atoms with van der Waals surface area (Å²) in [6, 6.07) is 1.88. The lowest BCUT2D eigenvalue weighted by molar-refractivity contribution is 0.419. The van der Waals surface area contributed by atoms with Crippen LogP contribution in [0.15, 0.2) is 12.4 Å². The van der Waals surface area contributed by atoms with Crippen molar-refractivity contribution in [3.8, 4) is 5.75 Å². The van der Waals surface area contributed by atoms with Crippen molar-refractivity contribution in [2.45, 2.75) is 13.8 Å². The molecular weight excluding hydrogens is 216 g/mol. The number of hydrogen-bond donors (Lipinski definition) is 1. The summed E-state index contributed by atoms with van der Waals surface area (Å²) in [5, 5.41) is 0. The number of hydrogen-bond acceptors (Lipinski definition) is 4. The van der Waals surface area contributed by atoms with Gasteiger partial charge >= 0.3 is 0 Å². The van der Waals surface area contributed by atoms with Gasteiger partial charge in [-0.1, -0.05) is 0 Å². The summed E-state index contributed by atoms with van der Waals surface area (Å²) in [6.07, 6.45) is 1.64. The molecule has 0 amide bonds. The van der Waals surface area contributed by atoms with Gasteiger partial charge in [0, 0.05) is 6.07 Å². The number of benzene rings is 1. The fraction of sp³-hybridized carbons (Fsp3) is 0.250. The molecule has 0 saturated carbocycles. The monoisotopic (exact) mass is 228 g/mol. The molecule has 3 aromatic rings. The smallest absolute Gasteiger partial charge is 0.146 e. The van der Waals surface area contributed by atoms with E-state index in [-0.39, 0.29) is 0 Å². The van der Waals surface area contributed by atoms with Gasteiger partial charge in [0.2, 0.25) is 0 Å². The maximum Gasteiger partial charge on any atom is 0.146 e. The second kappa shape index (κ2) is 3.41. The van der Waals surface area contributed by atoms with Crippen molar-refractivity contribution in [1.29, 1.82) is 0 Å². The molecule has 86 valence electrons. The van der Waals surface area contributed by atoms with E-state index in [0.29, 0.717) is 0 Å². The molecule has 2 aromatic heterocycles. The van der Waals surface area contributed by atoms with Crippen LogP contribution < -0.4 is 4.74 Å². The first-order valence-electron chi connectivity index (χ1n) is 5.35. The third kappa shape index (κ3) is 1.35. The minimum absolute atomic E-state index is 0.738. The Hall–Kier alpha value is -2.17. The lowest BCUT2D eigenvalue weighted by Gasteiger charge is -2.06. The van der Waals surface area contributed by atoms with Gasteiger partial charge in [0.1, 0.15) is 22.3 Å². The quantitative estimate of drug-likeness (QED) is 0.693. The van der Waals surface area contributed by atoms with Crippen LogP contribution in [0.2, 0.25) is 0 Å². The van der Waals surface area contributed by atoms with Crippen molar-refractivity contribution in [3.05, 3.63) is 23.8 Å². The predicted octanol–water partition coefficient (Wildman–Crippen LogP) is 2.13. The number of aromatic amines is 1. The molecule has 0 aliphatic rings. The van der Waals surface area contributed by atoms with Crippen LogP contribution in [0, 0.1) is 13.8 Å². The third-order valence-electron chi connectivity index (χ3n) is 2.93.